The van der Waals surface area contributed by atoms with E-state index in [2.05, 4.69) is 21.2 Å². The normalized spacial score (nSPS) is 11.0. The molecule has 0 aliphatic rings. The van der Waals surface area contributed by atoms with Crippen molar-refractivity contribution in [2.75, 3.05) is 6.54 Å². The molecule has 5 heteroatoms. The van der Waals surface area contributed by atoms with Gasteiger partial charge in [0.15, 0.2) is 0 Å². The van der Waals surface area contributed by atoms with Gasteiger partial charge in [-0.2, -0.15) is 0 Å². The standard InChI is InChI=1S/C20H22BrNO3/c1-20(2,3)19(24)22-13-12-18(23)25-17-10-6-15(7-11-17)14-4-8-16(21)9-5-14/h4-11H,12-13H2,1-3H3,(H,22,24). The Morgan fingerprint density at radius 2 is 1.48 bits per heavy atom. The van der Waals surface area contributed by atoms with E-state index >= 15 is 0 Å². The van der Waals surface area contributed by atoms with Crippen molar-refractivity contribution >= 4 is 27.8 Å². The molecular formula is C20H22BrNO3. The zero-order chi connectivity index (χ0) is 18.4. The van der Waals surface area contributed by atoms with Crippen LogP contribution in [-0.4, -0.2) is 18.4 Å². The molecular weight excluding hydrogens is 382 g/mol. The molecule has 0 fully saturated rings. The highest BCUT2D eigenvalue weighted by molar-refractivity contribution is 9.10. The largest absolute Gasteiger partial charge is 0.426 e. The predicted octanol–water partition coefficient (Wildman–Crippen LogP) is 4.57. The number of carbonyl (C=O) groups excluding carboxylic acids is 2. The fourth-order valence-corrected chi connectivity index (χ4v) is 2.35. The summed E-state index contributed by atoms with van der Waals surface area (Å²) in [4.78, 5) is 23.6. The van der Waals surface area contributed by atoms with Crippen molar-refractivity contribution in [2.24, 2.45) is 5.41 Å². The lowest BCUT2D eigenvalue weighted by atomic mass is 9.96. The molecule has 2 aromatic carbocycles. The molecule has 0 aliphatic heterocycles. The predicted molar refractivity (Wildman–Crippen MR) is 102 cm³/mol. The Hall–Kier alpha value is -2.14. The smallest absolute Gasteiger partial charge is 0.312 e. The molecule has 0 aliphatic carbocycles. The highest BCUT2D eigenvalue weighted by Crippen LogP contribution is 2.24. The Morgan fingerprint density at radius 3 is 2.00 bits per heavy atom. The van der Waals surface area contributed by atoms with Crippen molar-refractivity contribution in [1.82, 2.24) is 5.32 Å². The fraction of sp³-hybridized carbons (Fsp3) is 0.300. The number of benzene rings is 2. The van der Waals surface area contributed by atoms with Crippen molar-refractivity contribution in [3.8, 4) is 16.9 Å². The van der Waals surface area contributed by atoms with Gasteiger partial charge in [0.25, 0.3) is 0 Å². The number of nitrogens with one attached hydrogen (secondary N) is 1. The maximum absolute atomic E-state index is 11.9. The van der Waals surface area contributed by atoms with E-state index in [1.54, 1.807) is 12.1 Å². The van der Waals surface area contributed by atoms with E-state index in [4.69, 9.17) is 4.74 Å². The Morgan fingerprint density at radius 1 is 0.960 bits per heavy atom. The molecule has 1 amide bonds. The Bertz CT molecular complexity index is 731. The maximum Gasteiger partial charge on any atom is 0.312 e. The third-order valence-electron chi connectivity index (χ3n) is 3.56. The fourth-order valence-electron chi connectivity index (χ4n) is 2.08. The molecule has 0 radical (unpaired) electrons. The minimum absolute atomic E-state index is 0.0841. The first-order valence-electron chi connectivity index (χ1n) is 8.11. The molecule has 1 N–H and O–H groups in total. The number of hydrogen-bond acceptors (Lipinski definition) is 3. The van der Waals surface area contributed by atoms with Gasteiger partial charge in [0.2, 0.25) is 5.91 Å². The number of hydrogen-bond donors (Lipinski definition) is 1. The molecule has 4 nitrogen and oxygen atoms in total. The SMILES string of the molecule is CC(C)(C)C(=O)NCCC(=O)Oc1ccc(-c2ccc(Br)cc2)cc1. The van der Waals surface area contributed by atoms with E-state index in [0.717, 1.165) is 15.6 Å². The molecule has 0 saturated carbocycles. The van der Waals surface area contributed by atoms with Gasteiger partial charge in [-0.15, -0.1) is 0 Å². The van der Waals surface area contributed by atoms with Crippen LogP contribution in [0.2, 0.25) is 0 Å². The maximum atomic E-state index is 11.9. The van der Waals surface area contributed by atoms with E-state index in [-0.39, 0.29) is 24.8 Å². The lowest BCUT2D eigenvalue weighted by Gasteiger charge is -2.17. The van der Waals surface area contributed by atoms with E-state index in [1.165, 1.54) is 0 Å². The van der Waals surface area contributed by atoms with Crippen molar-refractivity contribution in [2.45, 2.75) is 27.2 Å². The first-order chi connectivity index (χ1) is 11.8. The summed E-state index contributed by atoms with van der Waals surface area (Å²) in [6.45, 7) is 5.75. The number of ether oxygens (including phenoxy) is 1. The average molecular weight is 404 g/mol. The van der Waals surface area contributed by atoms with Crippen molar-refractivity contribution < 1.29 is 14.3 Å². The minimum atomic E-state index is -0.466. The molecule has 132 valence electrons. The van der Waals surface area contributed by atoms with Gasteiger partial charge >= 0.3 is 5.97 Å². The van der Waals surface area contributed by atoms with Crippen LogP contribution in [0.4, 0.5) is 0 Å². The van der Waals surface area contributed by atoms with E-state index in [9.17, 15) is 9.59 Å². The zero-order valence-electron chi connectivity index (χ0n) is 14.6. The molecule has 0 saturated heterocycles. The molecule has 0 spiro atoms. The van der Waals surface area contributed by atoms with E-state index < -0.39 is 5.41 Å². The number of carbonyl (C=O) groups is 2. The lowest BCUT2D eigenvalue weighted by Crippen LogP contribution is -2.36. The Labute approximate surface area is 156 Å². The van der Waals surface area contributed by atoms with Gasteiger partial charge in [0, 0.05) is 16.4 Å². The quantitative estimate of drug-likeness (QED) is 0.587. The van der Waals surface area contributed by atoms with Gasteiger partial charge in [0.1, 0.15) is 5.75 Å². The Kier molecular flexibility index (Phi) is 6.37. The summed E-state index contributed by atoms with van der Waals surface area (Å²) in [5, 5.41) is 2.73. The van der Waals surface area contributed by atoms with Crippen molar-refractivity contribution in [3.63, 3.8) is 0 Å². The molecule has 0 unspecified atom stereocenters. The van der Waals surface area contributed by atoms with Crippen molar-refractivity contribution in [3.05, 3.63) is 53.0 Å². The van der Waals surface area contributed by atoms with Gasteiger partial charge in [-0.05, 0) is 35.4 Å². The summed E-state index contributed by atoms with van der Waals surface area (Å²) in [5.41, 5.74) is 1.67. The monoisotopic (exact) mass is 403 g/mol. The van der Waals surface area contributed by atoms with Crippen LogP contribution in [-0.2, 0) is 9.59 Å². The van der Waals surface area contributed by atoms with E-state index in [1.807, 2.05) is 57.2 Å². The molecule has 2 aromatic rings. The van der Waals surface area contributed by atoms with Crippen LogP contribution in [0, 0.1) is 5.41 Å². The number of halogens is 1. The van der Waals surface area contributed by atoms with Crippen LogP contribution in [0.3, 0.4) is 0 Å². The second kappa shape index (κ2) is 8.30. The summed E-state index contributed by atoms with van der Waals surface area (Å²) in [5.74, 6) is 0.0396. The highest BCUT2D eigenvalue weighted by Gasteiger charge is 2.20. The van der Waals surface area contributed by atoms with Crippen LogP contribution >= 0.6 is 15.9 Å². The topological polar surface area (TPSA) is 55.4 Å². The third-order valence-corrected chi connectivity index (χ3v) is 4.09. The number of amides is 1. The van der Waals surface area contributed by atoms with Crippen molar-refractivity contribution in [1.29, 1.82) is 0 Å². The molecule has 0 bridgehead atoms. The first-order valence-corrected chi connectivity index (χ1v) is 8.90. The summed E-state index contributed by atoms with van der Waals surface area (Å²) in [6, 6.07) is 15.3. The molecule has 2 rings (SSSR count). The molecule has 0 heterocycles. The average Bonchev–Trinajstić information content (AvgIpc) is 2.55. The van der Waals surface area contributed by atoms with Crippen LogP contribution in [0.25, 0.3) is 11.1 Å². The van der Waals surface area contributed by atoms with Crippen LogP contribution in [0.5, 0.6) is 5.75 Å². The second-order valence-electron chi connectivity index (χ2n) is 6.76. The third kappa shape index (κ3) is 6.02. The first kappa shape index (κ1) is 19.2. The molecule has 0 atom stereocenters. The van der Waals surface area contributed by atoms with Crippen LogP contribution in [0.1, 0.15) is 27.2 Å². The summed E-state index contributed by atoms with van der Waals surface area (Å²) < 4.78 is 6.32. The highest BCUT2D eigenvalue weighted by atomic mass is 79.9. The summed E-state index contributed by atoms with van der Waals surface area (Å²) in [6.07, 6.45) is 0.135. The molecule has 0 aromatic heterocycles. The van der Waals surface area contributed by atoms with Gasteiger partial charge < -0.3 is 10.1 Å². The van der Waals surface area contributed by atoms with Crippen LogP contribution < -0.4 is 10.1 Å². The number of rotatable bonds is 5. The summed E-state index contributed by atoms with van der Waals surface area (Å²) in [7, 11) is 0. The lowest BCUT2D eigenvalue weighted by molar-refractivity contribution is -0.134. The van der Waals surface area contributed by atoms with Gasteiger partial charge in [0.05, 0.1) is 6.42 Å². The van der Waals surface area contributed by atoms with Gasteiger partial charge in [-0.1, -0.05) is 61.0 Å². The van der Waals surface area contributed by atoms with Gasteiger partial charge in [-0.3, -0.25) is 9.59 Å². The second-order valence-corrected chi connectivity index (χ2v) is 7.68. The number of esters is 1. The zero-order valence-corrected chi connectivity index (χ0v) is 16.2. The van der Waals surface area contributed by atoms with Gasteiger partial charge in [-0.25, -0.2) is 0 Å². The Balaban J connectivity index is 1.85. The minimum Gasteiger partial charge on any atom is -0.426 e. The van der Waals surface area contributed by atoms with Crippen LogP contribution in [0.15, 0.2) is 53.0 Å². The summed E-state index contributed by atoms with van der Waals surface area (Å²) >= 11 is 3.41. The van der Waals surface area contributed by atoms with E-state index in [0.29, 0.717) is 5.75 Å². The molecule has 25 heavy (non-hydrogen) atoms.